The first-order chi connectivity index (χ1) is 12.5. The Bertz CT molecular complexity index is 835. The molecule has 0 aliphatic rings. The van der Waals surface area contributed by atoms with Crippen LogP contribution in [0.4, 0.5) is 0 Å². The number of aryl methyl sites for hydroxylation is 3. The van der Waals surface area contributed by atoms with Gasteiger partial charge in [-0.05, 0) is 55.7 Å². The lowest BCUT2D eigenvalue weighted by Crippen LogP contribution is -2.37. The van der Waals surface area contributed by atoms with Gasteiger partial charge >= 0.3 is 5.97 Å². The van der Waals surface area contributed by atoms with Crippen molar-refractivity contribution < 1.29 is 9.32 Å². The molecule has 132 valence electrons. The summed E-state index contributed by atoms with van der Waals surface area (Å²) in [7, 11) is -2.57. The molecule has 3 aromatic rings. The molecule has 0 aliphatic heterocycles. The first-order valence-corrected chi connectivity index (χ1v) is 10.5. The van der Waals surface area contributed by atoms with Gasteiger partial charge in [0.2, 0.25) is 0 Å². The molecule has 0 fully saturated rings. The van der Waals surface area contributed by atoms with Crippen molar-refractivity contribution in [1.29, 1.82) is 0 Å². The molecule has 0 saturated carbocycles. The summed E-state index contributed by atoms with van der Waals surface area (Å²) < 4.78 is 6.31. The fraction of sp³-hybridized carbons (Fsp3) is 0.174. The Hall–Kier alpha value is -2.44. The first-order valence-electron chi connectivity index (χ1n) is 8.74. The molecule has 0 radical (unpaired) electrons. The van der Waals surface area contributed by atoms with Gasteiger partial charge < -0.3 is 0 Å². The minimum absolute atomic E-state index is 0.256. The van der Waals surface area contributed by atoms with Crippen LogP contribution >= 0.6 is 7.49 Å². The maximum atomic E-state index is 12.3. The molecular weight excluding hydrogens is 339 g/mol. The number of hydrogen-bond acceptors (Lipinski definition) is 2. The highest BCUT2D eigenvalue weighted by Gasteiger charge is 2.53. The summed E-state index contributed by atoms with van der Waals surface area (Å²) >= 11 is 0. The number of benzene rings is 3. The Kier molecular flexibility index (Phi) is 5.25. The van der Waals surface area contributed by atoms with Crippen molar-refractivity contribution in [2.45, 2.75) is 27.7 Å². The van der Waals surface area contributed by atoms with Gasteiger partial charge in [0.05, 0.1) is 0 Å². The number of carbonyl (C=O) groups excluding carboxylic acids is 1. The van der Waals surface area contributed by atoms with E-state index in [9.17, 15) is 4.79 Å². The monoisotopic (exact) mass is 363 g/mol. The van der Waals surface area contributed by atoms with Crippen LogP contribution in [0.3, 0.4) is 0 Å². The molecule has 0 aliphatic carbocycles. The van der Waals surface area contributed by atoms with Gasteiger partial charge in [-0.3, -0.25) is 4.52 Å². The Morgan fingerprint density at radius 2 is 0.962 bits per heavy atom. The molecule has 0 N–H and O–H groups in total. The van der Waals surface area contributed by atoms with Crippen LogP contribution in [-0.2, 0) is 9.32 Å². The molecule has 0 aromatic heterocycles. The SMILES string of the molecule is CC(=O)O[P+](c1ccccc1C)(c1ccccc1C)c1ccccc1C. The second-order valence-electron chi connectivity index (χ2n) is 6.55. The van der Waals surface area contributed by atoms with E-state index in [1.54, 1.807) is 0 Å². The van der Waals surface area contributed by atoms with E-state index in [4.69, 9.17) is 4.52 Å². The summed E-state index contributed by atoms with van der Waals surface area (Å²) in [4.78, 5) is 12.3. The van der Waals surface area contributed by atoms with Gasteiger partial charge in [0, 0.05) is 6.92 Å². The zero-order valence-corrected chi connectivity index (χ0v) is 16.6. The fourth-order valence-electron chi connectivity index (χ4n) is 3.48. The van der Waals surface area contributed by atoms with E-state index in [1.807, 2.05) is 36.4 Å². The van der Waals surface area contributed by atoms with E-state index < -0.39 is 7.49 Å². The van der Waals surface area contributed by atoms with Crippen LogP contribution in [0.5, 0.6) is 0 Å². The Balaban J connectivity index is 2.48. The number of hydrogen-bond donors (Lipinski definition) is 0. The lowest BCUT2D eigenvalue weighted by molar-refractivity contribution is -0.131. The van der Waals surface area contributed by atoms with Gasteiger partial charge in [-0.25, -0.2) is 4.79 Å². The largest absolute Gasteiger partial charge is 0.348 e. The molecule has 0 unspecified atom stereocenters. The lowest BCUT2D eigenvalue weighted by Gasteiger charge is -2.27. The zero-order valence-electron chi connectivity index (χ0n) is 15.7. The average molecular weight is 363 g/mol. The van der Waals surface area contributed by atoms with Crippen molar-refractivity contribution in [1.82, 2.24) is 0 Å². The van der Waals surface area contributed by atoms with Gasteiger partial charge in [0.1, 0.15) is 15.9 Å². The van der Waals surface area contributed by atoms with Crippen LogP contribution in [0.15, 0.2) is 72.8 Å². The Morgan fingerprint density at radius 1 is 0.654 bits per heavy atom. The molecule has 3 aromatic carbocycles. The molecule has 0 spiro atoms. The molecule has 0 saturated heterocycles. The summed E-state index contributed by atoms with van der Waals surface area (Å²) in [6, 6.07) is 24.7. The maximum Gasteiger partial charge on any atom is 0.348 e. The summed E-state index contributed by atoms with van der Waals surface area (Å²) in [5, 5.41) is 3.29. The zero-order chi connectivity index (χ0) is 18.7. The summed E-state index contributed by atoms with van der Waals surface area (Å²) in [5.74, 6) is -0.256. The highest BCUT2D eigenvalue weighted by molar-refractivity contribution is 7.92. The molecular formula is C23H24O2P+. The highest BCUT2D eigenvalue weighted by atomic mass is 31.2. The van der Waals surface area contributed by atoms with Crippen molar-refractivity contribution in [3.05, 3.63) is 89.5 Å². The Labute approximate surface area is 156 Å². The van der Waals surface area contributed by atoms with E-state index in [0.29, 0.717) is 0 Å². The van der Waals surface area contributed by atoms with Crippen molar-refractivity contribution in [3.8, 4) is 0 Å². The van der Waals surface area contributed by atoms with Crippen LogP contribution in [-0.4, -0.2) is 5.97 Å². The molecule has 3 heteroatoms. The van der Waals surface area contributed by atoms with Crippen LogP contribution in [0.25, 0.3) is 0 Å². The molecule has 0 amide bonds. The third-order valence-electron chi connectivity index (χ3n) is 4.63. The lowest BCUT2D eigenvalue weighted by atomic mass is 10.2. The topological polar surface area (TPSA) is 26.3 Å². The number of rotatable bonds is 4. The second kappa shape index (κ2) is 7.43. The predicted octanol–water partition coefficient (Wildman–Crippen LogP) is 4.38. The molecule has 0 heterocycles. The van der Waals surface area contributed by atoms with E-state index in [1.165, 1.54) is 6.92 Å². The van der Waals surface area contributed by atoms with Crippen molar-refractivity contribution in [3.63, 3.8) is 0 Å². The first kappa shape index (κ1) is 18.4. The minimum Gasteiger partial charge on any atom is -0.297 e. The minimum atomic E-state index is -2.57. The predicted molar refractivity (Wildman–Crippen MR) is 111 cm³/mol. The van der Waals surface area contributed by atoms with Crippen LogP contribution in [0.2, 0.25) is 0 Å². The van der Waals surface area contributed by atoms with Gasteiger partial charge in [0.15, 0.2) is 0 Å². The summed E-state index contributed by atoms with van der Waals surface area (Å²) in [6.07, 6.45) is 0. The van der Waals surface area contributed by atoms with E-state index in [-0.39, 0.29) is 5.97 Å². The molecule has 3 rings (SSSR count). The van der Waals surface area contributed by atoms with Crippen molar-refractivity contribution >= 4 is 29.4 Å². The molecule has 2 nitrogen and oxygen atoms in total. The standard InChI is InChI=1S/C23H24O2P/c1-17-11-5-8-14-21(17)26(25-20(4)24,22-15-9-6-12-18(22)2)23-16-10-7-13-19(23)3/h5-16H,1-4H3/q+1. The summed E-state index contributed by atoms with van der Waals surface area (Å²) in [6.45, 7) is 7.77. The highest BCUT2D eigenvalue weighted by Crippen LogP contribution is 2.58. The number of carbonyl (C=O) groups is 1. The van der Waals surface area contributed by atoms with Crippen molar-refractivity contribution in [2.75, 3.05) is 0 Å². The van der Waals surface area contributed by atoms with Crippen LogP contribution < -0.4 is 15.9 Å². The molecule has 0 atom stereocenters. The van der Waals surface area contributed by atoms with Gasteiger partial charge in [-0.1, -0.05) is 54.6 Å². The van der Waals surface area contributed by atoms with Gasteiger partial charge in [0.25, 0.3) is 7.49 Å². The second-order valence-corrected chi connectivity index (χ2v) is 9.40. The van der Waals surface area contributed by atoms with E-state index in [0.717, 1.165) is 32.6 Å². The normalized spacial score (nSPS) is 11.2. The quantitative estimate of drug-likeness (QED) is 0.643. The van der Waals surface area contributed by atoms with Gasteiger partial charge in [-0.15, -0.1) is 0 Å². The smallest absolute Gasteiger partial charge is 0.297 e. The Morgan fingerprint density at radius 3 is 1.23 bits per heavy atom. The third kappa shape index (κ3) is 3.18. The van der Waals surface area contributed by atoms with E-state index in [2.05, 4.69) is 57.2 Å². The molecule has 0 bridgehead atoms. The van der Waals surface area contributed by atoms with Gasteiger partial charge in [-0.2, -0.15) is 0 Å². The van der Waals surface area contributed by atoms with Crippen molar-refractivity contribution in [2.24, 2.45) is 0 Å². The third-order valence-corrected chi connectivity index (χ3v) is 8.70. The fourth-order valence-corrected chi connectivity index (χ4v) is 7.54. The van der Waals surface area contributed by atoms with Crippen LogP contribution in [0, 0.1) is 20.8 Å². The molecule has 26 heavy (non-hydrogen) atoms. The van der Waals surface area contributed by atoms with E-state index >= 15 is 0 Å². The average Bonchev–Trinajstić information content (AvgIpc) is 2.61. The van der Waals surface area contributed by atoms with Crippen LogP contribution in [0.1, 0.15) is 23.6 Å². The maximum absolute atomic E-state index is 12.3. The summed E-state index contributed by atoms with van der Waals surface area (Å²) in [5.41, 5.74) is 3.40.